The van der Waals surface area contributed by atoms with E-state index < -0.39 is 0 Å². The summed E-state index contributed by atoms with van der Waals surface area (Å²) in [6.07, 6.45) is 2.37. The van der Waals surface area contributed by atoms with Gasteiger partial charge in [-0.2, -0.15) is 0 Å². The predicted octanol–water partition coefficient (Wildman–Crippen LogP) is 3.92. The van der Waals surface area contributed by atoms with Gasteiger partial charge in [-0.25, -0.2) is 0 Å². The van der Waals surface area contributed by atoms with Crippen LogP contribution in [0.2, 0.25) is 0 Å². The van der Waals surface area contributed by atoms with Crippen LogP contribution in [0, 0.1) is 6.92 Å². The van der Waals surface area contributed by atoms with Crippen molar-refractivity contribution < 1.29 is 14.4 Å². The fraction of sp³-hybridized carbons (Fsp3) is 0.348. The monoisotopic (exact) mass is 410 g/mol. The van der Waals surface area contributed by atoms with Crippen LogP contribution >= 0.6 is 0 Å². The lowest BCUT2D eigenvalue weighted by atomic mass is 10.1. The normalized spacial score (nSPS) is 10.2. The second kappa shape index (κ2) is 11.6. The van der Waals surface area contributed by atoms with Gasteiger partial charge in [0.05, 0.1) is 6.54 Å². The zero-order chi connectivity index (χ0) is 21.9. The number of anilines is 3. The molecule has 2 rings (SSSR count). The molecule has 0 aromatic heterocycles. The molecule has 7 heteroatoms. The molecule has 0 aliphatic carbocycles. The number of rotatable bonds is 10. The molecule has 0 atom stereocenters. The number of carbonyl (C=O) groups excluding carboxylic acids is 3. The molecule has 4 N–H and O–H groups in total. The number of amides is 3. The van der Waals surface area contributed by atoms with Gasteiger partial charge in [0.25, 0.3) is 5.91 Å². The Balaban J connectivity index is 1.87. The summed E-state index contributed by atoms with van der Waals surface area (Å²) in [6, 6.07) is 12.3. The summed E-state index contributed by atoms with van der Waals surface area (Å²) in [6.45, 7) is 6.50. The van der Waals surface area contributed by atoms with Crippen molar-refractivity contribution in [1.29, 1.82) is 0 Å². The number of hydrogen-bond donors (Lipinski definition) is 4. The van der Waals surface area contributed by atoms with Gasteiger partial charge in [0.1, 0.15) is 0 Å². The third kappa shape index (κ3) is 7.24. The summed E-state index contributed by atoms with van der Waals surface area (Å²) >= 11 is 0. The maximum Gasteiger partial charge on any atom is 0.251 e. The van der Waals surface area contributed by atoms with E-state index in [2.05, 4.69) is 28.2 Å². The van der Waals surface area contributed by atoms with Gasteiger partial charge in [-0.15, -0.1) is 0 Å². The lowest BCUT2D eigenvalue weighted by molar-refractivity contribution is -0.116. The van der Waals surface area contributed by atoms with Gasteiger partial charge in [0, 0.05) is 35.6 Å². The molecule has 0 aliphatic rings. The molecule has 160 valence electrons. The summed E-state index contributed by atoms with van der Waals surface area (Å²) in [5, 5.41) is 11.6. The summed E-state index contributed by atoms with van der Waals surface area (Å²) in [4.78, 5) is 35.9. The smallest absolute Gasteiger partial charge is 0.251 e. The maximum absolute atomic E-state index is 12.2. The summed E-state index contributed by atoms with van der Waals surface area (Å²) < 4.78 is 0. The van der Waals surface area contributed by atoms with Gasteiger partial charge >= 0.3 is 0 Å². The fourth-order valence-corrected chi connectivity index (χ4v) is 2.68. The Labute approximate surface area is 177 Å². The Morgan fingerprint density at radius 3 is 2.23 bits per heavy atom. The number of nitrogens with one attached hydrogen (secondary N) is 4. The van der Waals surface area contributed by atoms with Crippen molar-refractivity contribution in [2.24, 2.45) is 0 Å². The molecule has 30 heavy (non-hydrogen) atoms. The van der Waals surface area contributed by atoms with E-state index in [1.165, 1.54) is 0 Å². The molecule has 7 nitrogen and oxygen atoms in total. The highest BCUT2D eigenvalue weighted by Gasteiger charge is 2.08. The summed E-state index contributed by atoms with van der Waals surface area (Å²) in [5.74, 6) is -0.390. The Bertz CT molecular complexity index is 879. The Hall–Kier alpha value is -3.35. The molecule has 0 saturated heterocycles. The number of hydrogen-bond acceptors (Lipinski definition) is 4. The quantitative estimate of drug-likeness (QED) is 0.446. The summed E-state index contributed by atoms with van der Waals surface area (Å²) in [5.41, 5.74) is 3.59. The zero-order valence-corrected chi connectivity index (χ0v) is 17.8. The molecule has 0 spiro atoms. The van der Waals surface area contributed by atoms with E-state index in [0.717, 1.165) is 29.8 Å². The van der Waals surface area contributed by atoms with Crippen LogP contribution in [0.5, 0.6) is 0 Å². The van der Waals surface area contributed by atoms with Crippen molar-refractivity contribution in [2.75, 3.05) is 29.0 Å². The van der Waals surface area contributed by atoms with Crippen LogP contribution in [-0.2, 0) is 9.59 Å². The maximum atomic E-state index is 12.2. The topological polar surface area (TPSA) is 99.3 Å². The highest BCUT2D eigenvalue weighted by atomic mass is 16.2. The molecule has 0 bridgehead atoms. The third-order valence-electron chi connectivity index (χ3n) is 4.53. The van der Waals surface area contributed by atoms with Crippen LogP contribution in [0.15, 0.2) is 42.5 Å². The molecular weight excluding hydrogens is 380 g/mol. The number of carbonyl (C=O) groups is 3. The Morgan fingerprint density at radius 1 is 0.867 bits per heavy atom. The van der Waals surface area contributed by atoms with E-state index in [9.17, 15) is 14.4 Å². The number of benzene rings is 2. The lowest BCUT2D eigenvalue weighted by Gasteiger charge is -2.12. The molecule has 0 saturated carbocycles. The molecular formula is C23H30N4O3. The molecule has 0 heterocycles. The Kier molecular flexibility index (Phi) is 8.87. The minimum absolute atomic E-state index is 0.0597. The average Bonchev–Trinajstić information content (AvgIpc) is 2.74. The van der Waals surface area contributed by atoms with E-state index in [-0.39, 0.29) is 24.3 Å². The second-order valence-corrected chi connectivity index (χ2v) is 7.02. The van der Waals surface area contributed by atoms with Crippen molar-refractivity contribution in [3.8, 4) is 0 Å². The predicted molar refractivity (Wildman–Crippen MR) is 121 cm³/mol. The highest BCUT2D eigenvalue weighted by Crippen LogP contribution is 2.20. The molecule has 2 aromatic rings. The molecule has 0 unspecified atom stereocenters. The number of unbranched alkanes of at least 4 members (excludes halogenated alkanes) is 1. The third-order valence-corrected chi connectivity index (χ3v) is 4.53. The van der Waals surface area contributed by atoms with Gasteiger partial charge in [0.15, 0.2) is 0 Å². The fourth-order valence-electron chi connectivity index (χ4n) is 2.68. The largest absolute Gasteiger partial charge is 0.376 e. The zero-order valence-electron chi connectivity index (χ0n) is 17.8. The van der Waals surface area contributed by atoms with E-state index >= 15 is 0 Å². The van der Waals surface area contributed by atoms with Crippen molar-refractivity contribution in [3.63, 3.8) is 0 Å². The van der Waals surface area contributed by atoms with Crippen LogP contribution in [0.4, 0.5) is 17.1 Å². The standard InChI is InChI=1S/C23H30N4O3/c1-4-6-13-24-23(30)17-8-11-18(12-9-17)26-22(29)15-25-19-10-7-16(3)20(14-19)27-21(28)5-2/h7-12,14,25H,4-6,13,15H2,1-3H3,(H,24,30)(H,26,29)(H,27,28). The van der Waals surface area contributed by atoms with E-state index in [0.29, 0.717) is 24.2 Å². The number of aryl methyl sites for hydroxylation is 1. The SMILES string of the molecule is CCCCNC(=O)c1ccc(NC(=O)CNc2ccc(C)c(NC(=O)CC)c2)cc1. The lowest BCUT2D eigenvalue weighted by Crippen LogP contribution is -2.24. The highest BCUT2D eigenvalue weighted by molar-refractivity contribution is 5.97. The minimum atomic E-state index is -0.213. The van der Waals surface area contributed by atoms with Crippen LogP contribution in [0.3, 0.4) is 0 Å². The second-order valence-electron chi connectivity index (χ2n) is 7.02. The first-order chi connectivity index (χ1) is 14.4. The first-order valence-electron chi connectivity index (χ1n) is 10.3. The minimum Gasteiger partial charge on any atom is -0.376 e. The molecule has 0 fully saturated rings. The van der Waals surface area contributed by atoms with Crippen LogP contribution in [-0.4, -0.2) is 30.8 Å². The van der Waals surface area contributed by atoms with Gasteiger partial charge in [-0.1, -0.05) is 26.3 Å². The molecule has 2 aromatic carbocycles. The van der Waals surface area contributed by atoms with E-state index in [4.69, 9.17) is 0 Å². The van der Waals surface area contributed by atoms with Gasteiger partial charge in [0.2, 0.25) is 11.8 Å². The van der Waals surface area contributed by atoms with Crippen molar-refractivity contribution in [1.82, 2.24) is 5.32 Å². The molecule has 3 amide bonds. The van der Waals surface area contributed by atoms with Crippen molar-refractivity contribution in [3.05, 3.63) is 53.6 Å². The molecule has 0 aliphatic heterocycles. The Morgan fingerprint density at radius 2 is 1.57 bits per heavy atom. The average molecular weight is 411 g/mol. The van der Waals surface area contributed by atoms with E-state index in [1.807, 2.05) is 25.1 Å². The first kappa shape index (κ1) is 22.9. The van der Waals surface area contributed by atoms with Crippen molar-refractivity contribution >= 4 is 34.8 Å². The van der Waals surface area contributed by atoms with E-state index in [1.54, 1.807) is 31.2 Å². The van der Waals surface area contributed by atoms with Crippen LogP contribution in [0.25, 0.3) is 0 Å². The van der Waals surface area contributed by atoms with Crippen LogP contribution in [0.1, 0.15) is 49.0 Å². The first-order valence-corrected chi connectivity index (χ1v) is 10.3. The van der Waals surface area contributed by atoms with Gasteiger partial charge < -0.3 is 21.3 Å². The molecule has 0 radical (unpaired) electrons. The van der Waals surface area contributed by atoms with Crippen molar-refractivity contribution in [2.45, 2.75) is 40.0 Å². The van der Waals surface area contributed by atoms with Gasteiger partial charge in [-0.3, -0.25) is 14.4 Å². The van der Waals surface area contributed by atoms with Crippen LogP contribution < -0.4 is 21.3 Å². The van der Waals surface area contributed by atoms with Gasteiger partial charge in [-0.05, 0) is 55.3 Å². The summed E-state index contributed by atoms with van der Waals surface area (Å²) in [7, 11) is 0.